The molecule has 7 nitrogen and oxygen atoms in total. The molecule has 0 saturated carbocycles. The smallest absolute Gasteiger partial charge is 0.290 e. The molecule has 0 fully saturated rings. The molecule has 0 spiro atoms. The Morgan fingerprint density at radius 2 is 1.84 bits per heavy atom. The van der Waals surface area contributed by atoms with Gasteiger partial charge in [-0.3, -0.25) is 14.2 Å². The van der Waals surface area contributed by atoms with Crippen molar-refractivity contribution in [3.05, 3.63) is 100 Å². The van der Waals surface area contributed by atoms with Crippen LogP contribution in [-0.4, -0.2) is 34.1 Å². The third-order valence-corrected chi connectivity index (χ3v) is 5.44. The SMILES string of the molecule is COCCn1c(C(C)N(Cc2ccccc2)C(=O)c2ccco2)nc2ccccc2c1=O. The van der Waals surface area contributed by atoms with Crippen molar-refractivity contribution in [3.8, 4) is 0 Å². The minimum absolute atomic E-state index is 0.153. The Hall–Kier alpha value is -3.71. The first-order chi connectivity index (χ1) is 15.6. The highest BCUT2D eigenvalue weighted by Gasteiger charge is 2.28. The molecular formula is C25H25N3O4. The number of carbonyl (C=O) groups excluding carboxylic acids is 1. The van der Waals surface area contributed by atoms with Gasteiger partial charge in [-0.1, -0.05) is 42.5 Å². The summed E-state index contributed by atoms with van der Waals surface area (Å²) in [4.78, 5) is 33.1. The lowest BCUT2D eigenvalue weighted by Crippen LogP contribution is -2.37. The summed E-state index contributed by atoms with van der Waals surface area (Å²) in [6.45, 7) is 2.91. The number of methoxy groups -OCH3 is 1. The maximum absolute atomic E-state index is 13.4. The number of aromatic nitrogens is 2. The number of nitrogens with zero attached hydrogens (tertiary/aromatic N) is 3. The van der Waals surface area contributed by atoms with Crippen molar-refractivity contribution < 1.29 is 13.9 Å². The van der Waals surface area contributed by atoms with Gasteiger partial charge in [0, 0.05) is 13.7 Å². The molecule has 7 heteroatoms. The maximum atomic E-state index is 13.4. The zero-order valence-electron chi connectivity index (χ0n) is 18.1. The van der Waals surface area contributed by atoms with Crippen LogP contribution < -0.4 is 5.56 Å². The zero-order valence-corrected chi connectivity index (χ0v) is 18.1. The molecule has 0 aliphatic carbocycles. The minimum Gasteiger partial charge on any atom is -0.459 e. The number of benzene rings is 2. The lowest BCUT2D eigenvalue weighted by molar-refractivity contribution is 0.0627. The summed E-state index contributed by atoms with van der Waals surface area (Å²) >= 11 is 0. The van der Waals surface area contributed by atoms with E-state index in [0.717, 1.165) is 5.56 Å². The monoisotopic (exact) mass is 431 g/mol. The van der Waals surface area contributed by atoms with E-state index in [9.17, 15) is 9.59 Å². The average Bonchev–Trinajstić information content (AvgIpc) is 3.37. The minimum atomic E-state index is -0.498. The summed E-state index contributed by atoms with van der Waals surface area (Å²) in [6, 6.07) is 19.8. The van der Waals surface area contributed by atoms with Gasteiger partial charge in [-0.15, -0.1) is 0 Å². The Morgan fingerprint density at radius 1 is 1.09 bits per heavy atom. The molecule has 1 atom stereocenters. The number of furan rings is 1. The summed E-state index contributed by atoms with van der Waals surface area (Å²) in [5.74, 6) is 0.466. The van der Waals surface area contributed by atoms with Gasteiger partial charge in [0.2, 0.25) is 0 Å². The number of carbonyl (C=O) groups is 1. The van der Waals surface area contributed by atoms with Crippen LogP contribution in [0.25, 0.3) is 10.9 Å². The van der Waals surface area contributed by atoms with E-state index >= 15 is 0 Å². The number of hydrogen-bond acceptors (Lipinski definition) is 5. The van der Waals surface area contributed by atoms with E-state index in [1.807, 2.05) is 55.5 Å². The second kappa shape index (κ2) is 9.62. The van der Waals surface area contributed by atoms with Crippen molar-refractivity contribution in [1.29, 1.82) is 0 Å². The van der Waals surface area contributed by atoms with Crippen molar-refractivity contribution in [2.75, 3.05) is 13.7 Å². The first-order valence-electron chi connectivity index (χ1n) is 10.5. The van der Waals surface area contributed by atoms with E-state index in [4.69, 9.17) is 14.1 Å². The van der Waals surface area contributed by atoms with Gasteiger partial charge in [0.15, 0.2) is 5.76 Å². The normalized spacial score (nSPS) is 12.1. The fraction of sp³-hybridized carbons (Fsp3) is 0.240. The standard InChI is InChI=1S/C25H25N3O4/c1-18(23-26-21-12-7-6-11-20(21)24(29)27(23)14-16-31-2)28(17-19-9-4-3-5-10-19)25(30)22-13-8-15-32-22/h3-13,15,18H,14,16-17H2,1-2H3. The van der Waals surface area contributed by atoms with Gasteiger partial charge in [0.05, 0.1) is 36.4 Å². The second-order valence-corrected chi connectivity index (χ2v) is 7.51. The predicted octanol–water partition coefficient (Wildman–Crippen LogP) is 4.04. The van der Waals surface area contributed by atoms with Crippen molar-refractivity contribution in [1.82, 2.24) is 14.5 Å². The molecule has 0 N–H and O–H groups in total. The molecule has 164 valence electrons. The summed E-state index contributed by atoms with van der Waals surface area (Å²) in [7, 11) is 1.59. The molecule has 0 aliphatic rings. The van der Waals surface area contributed by atoms with E-state index < -0.39 is 6.04 Å². The lowest BCUT2D eigenvalue weighted by atomic mass is 10.1. The number of para-hydroxylation sites is 1. The van der Waals surface area contributed by atoms with Gasteiger partial charge >= 0.3 is 0 Å². The third-order valence-electron chi connectivity index (χ3n) is 5.44. The van der Waals surface area contributed by atoms with Crippen LogP contribution in [0.3, 0.4) is 0 Å². The van der Waals surface area contributed by atoms with Crippen LogP contribution in [0.2, 0.25) is 0 Å². The van der Waals surface area contributed by atoms with Crippen LogP contribution in [0.15, 0.2) is 82.2 Å². The Bertz CT molecular complexity index is 1250. The van der Waals surface area contributed by atoms with Gasteiger partial charge in [-0.05, 0) is 36.8 Å². The lowest BCUT2D eigenvalue weighted by Gasteiger charge is -2.30. The molecule has 0 bridgehead atoms. The number of fused-ring (bicyclic) bond motifs is 1. The topological polar surface area (TPSA) is 77.6 Å². The molecule has 2 heterocycles. The van der Waals surface area contributed by atoms with E-state index in [-0.39, 0.29) is 17.2 Å². The van der Waals surface area contributed by atoms with Crippen LogP contribution in [0.1, 0.15) is 34.9 Å². The molecule has 2 aromatic carbocycles. The molecule has 1 unspecified atom stereocenters. The van der Waals surface area contributed by atoms with E-state index in [2.05, 4.69) is 0 Å². The Morgan fingerprint density at radius 3 is 2.56 bits per heavy atom. The summed E-state index contributed by atoms with van der Waals surface area (Å²) in [6.07, 6.45) is 1.47. The van der Waals surface area contributed by atoms with Crippen molar-refractivity contribution in [3.63, 3.8) is 0 Å². The predicted molar refractivity (Wildman–Crippen MR) is 121 cm³/mol. The van der Waals surface area contributed by atoms with Crippen LogP contribution in [0.5, 0.6) is 0 Å². The molecule has 1 amide bonds. The first kappa shape index (κ1) is 21.5. The van der Waals surface area contributed by atoms with Crippen LogP contribution in [0, 0.1) is 0 Å². The summed E-state index contributed by atoms with van der Waals surface area (Å²) in [5, 5.41) is 0.534. The fourth-order valence-electron chi connectivity index (χ4n) is 3.75. The average molecular weight is 431 g/mol. The molecule has 4 aromatic rings. The highest BCUT2D eigenvalue weighted by molar-refractivity contribution is 5.91. The van der Waals surface area contributed by atoms with Crippen LogP contribution in [-0.2, 0) is 17.8 Å². The molecule has 0 radical (unpaired) electrons. The van der Waals surface area contributed by atoms with Crippen molar-refractivity contribution >= 4 is 16.8 Å². The number of hydrogen-bond donors (Lipinski definition) is 0. The van der Waals surface area contributed by atoms with Gasteiger partial charge in [0.1, 0.15) is 5.82 Å². The number of amides is 1. The van der Waals surface area contributed by atoms with E-state index in [1.165, 1.54) is 6.26 Å². The Balaban J connectivity index is 1.82. The van der Waals surface area contributed by atoms with Crippen molar-refractivity contribution in [2.24, 2.45) is 0 Å². The van der Waals surface area contributed by atoms with Gasteiger partial charge in [-0.25, -0.2) is 4.98 Å². The molecule has 2 aromatic heterocycles. The number of rotatable bonds is 8. The van der Waals surface area contributed by atoms with Crippen molar-refractivity contribution in [2.45, 2.75) is 26.1 Å². The summed E-state index contributed by atoms with van der Waals surface area (Å²) < 4.78 is 12.2. The molecule has 0 saturated heterocycles. The molecule has 32 heavy (non-hydrogen) atoms. The highest BCUT2D eigenvalue weighted by Crippen LogP contribution is 2.24. The third kappa shape index (κ3) is 4.33. The van der Waals surface area contributed by atoms with Crippen LogP contribution in [0.4, 0.5) is 0 Å². The largest absolute Gasteiger partial charge is 0.459 e. The highest BCUT2D eigenvalue weighted by atomic mass is 16.5. The van der Waals surface area contributed by atoms with E-state index in [0.29, 0.717) is 36.4 Å². The first-order valence-corrected chi connectivity index (χ1v) is 10.5. The molecule has 0 aliphatic heterocycles. The molecule has 4 rings (SSSR count). The maximum Gasteiger partial charge on any atom is 0.290 e. The van der Waals surface area contributed by atoms with Gasteiger partial charge < -0.3 is 14.1 Å². The van der Waals surface area contributed by atoms with Gasteiger partial charge in [0.25, 0.3) is 11.5 Å². The molecular weight excluding hydrogens is 406 g/mol. The van der Waals surface area contributed by atoms with E-state index in [1.54, 1.807) is 34.8 Å². The zero-order chi connectivity index (χ0) is 22.5. The quantitative estimate of drug-likeness (QED) is 0.421. The number of ether oxygens (including phenoxy) is 1. The van der Waals surface area contributed by atoms with Gasteiger partial charge in [-0.2, -0.15) is 0 Å². The Kier molecular flexibility index (Phi) is 6.47. The van der Waals surface area contributed by atoms with Crippen LogP contribution >= 0.6 is 0 Å². The Labute approximate surface area is 185 Å². The second-order valence-electron chi connectivity index (χ2n) is 7.51. The fourth-order valence-corrected chi connectivity index (χ4v) is 3.75. The summed E-state index contributed by atoms with van der Waals surface area (Å²) in [5.41, 5.74) is 1.41.